The van der Waals surface area contributed by atoms with Gasteiger partial charge >= 0.3 is 0 Å². The molecule has 2 saturated heterocycles. The molecule has 2 fully saturated rings. The van der Waals surface area contributed by atoms with E-state index in [1.165, 1.54) is 17.0 Å². The molecule has 136 valence electrons. The normalized spacial score (nSPS) is 23.6. The summed E-state index contributed by atoms with van der Waals surface area (Å²) in [5.74, 6) is -0.439. The highest BCUT2D eigenvalue weighted by Crippen LogP contribution is 2.29. The summed E-state index contributed by atoms with van der Waals surface area (Å²) in [6, 6.07) is 6.31. The molecule has 0 bridgehead atoms. The van der Waals surface area contributed by atoms with Crippen LogP contribution in [0.1, 0.15) is 19.3 Å². The fourth-order valence-corrected chi connectivity index (χ4v) is 4.98. The molecule has 0 spiro atoms. The number of phenolic OH excluding ortho intramolecular Hbond substituents is 1. The van der Waals surface area contributed by atoms with Crippen molar-refractivity contribution in [1.82, 2.24) is 4.90 Å². The molecule has 2 aliphatic heterocycles. The van der Waals surface area contributed by atoms with Gasteiger partial charge in [0.15, 0.2) is 0 Å². The lowest BCUT2D eigenvalue weighted by Crippen LogP contribution is -2.45. The van der Waals surface area contributed by atoms with E-state index in [0.717, 1.165) is 0 Å². The molecule has 2 amide bonds. The Labute approximate surface area is 147 Å². The zero-order chi connectivity index (χ0) is 18.2. The van der Waals surface area contributed by atoms with E-state index in [4.69, 9.17) is 0 Å². The van der Waals surface area contributed by atoms with Gasteiger partial charge in [-0.3, -0.25) is 9.59 Å². The van der Waals surface area contributed by atoms with Crippen LogP contribution in [0.3, 0.4) is 0 Å². The highest BCUT2D eigenvalue weighted by atomic mass is 32.2. The van der Waals surface area contributed by atoms with Gasteiger partial charge in [0.25, 0.3) is 0 Å². The second kappa shape index (κ2) is 6.67. The highest BCUT2D eigenvalue weighted by Gasteiger charge is 2.38. The summed E-state index contributed by atoms with van der Waals surface area (Å²) in [4.78, 5) is 28.1. The largest absolute Gasteiger partial charge is 0.508 e. The molecule has 25 heavy (non-hydrogen) atoms. The van der Waals surface area contributed by atoms with E-state index >= 15 is 0 Å². The molecule has 0 unspecified atom stereocenters. The number of benzene rings is 1. The lowest BCUT2D eigenvalue weighted by Gasteiger charge is -2.32. The summed E-state index contributed by atoms with van der Waals surface area (Å²) < 4.78 is 23.1. The molecule has 2 heterocycles. The molecule has 8 heteroatoms. The quantitative estimate of drug-likeness (QED) is 0.853. The summed E-state index contributed by atoms with van der Waals surface area (Å²) >= 11 is 0. The molecule has 2 aliphatic rings. The van der Waals surface area contributed by atoms with Crippen LogP contribution in [0.5, 0.6) is 5.75 Å². The van der Waals surface area contributed by atoms with Crippen molar-refractivity contribution in [2.75, 3.05) is 30.0 Å². The van der Waals surface area contributed by atoms with Crippen molar-refractivity contribution in [2.24, 2.45) is 5.92 Å². The number of amides is 2. The van der Waals surface area contributed by atoms with Gasteiger partial charge in [0.05, 0.1) is 17.4 Å². The maximum atomic E-state index is 12.7. The molecule has 1 atom stereocenters. The first kappa shape index (κ1) is 17.7. The molecular formula is C17H22N2O5S. The Balaban J connectivity index is 1.66. The van der Waals surface area contributed by atoms with Crippen LogP contribution in [-0.4, -0.2) is 61.4 Å². The lowest BCUT2D eigenvalue weighted by molar-refractivity contribution is -0.136. The summed E-state index contributed by atoms with van der Waals surface area (Å²) in [6.07, 6.45) is 1.02. The molecule has 0 aliphatic carbocycles. The van der Waals surface area contributed by atoms with Crippen LogP contribution < -0.4 is 4.90 Å². The van der Waals surface area contributed by atoms with Crippen LogP contribution in [0.15, 0.2) is 24.3 Å². The average Bonchev–Trinajstić information content (AvgIpc) is 2.95. The molecular weight excluding hydrogens is 344 g/mol. The predicted octanol–water partition coefficient (Wildman–Crippen LogP) is 0.781. The van der Waals surface area contributed by atoms with E-state index in [-0.39, 0.29) is 48.1 Å². The molecule has 0 saturated carbocycles. The third-order valence-electron chi connectivity index (χ3n) is 5.04. The molecule has 1 N–H and O–H groups in total. The average molecular weight is 366 g/mol. The van der Waals surface area contributed by atoms with Gasteiger partial charge in [0.2, 0.25) is 11.8 Å². The van der Waals surface area contributed by atoms with Crippen LogP contribution in [-0.2, 0) is 19.4 Å². The number of nitrogens with zero attached hydrogens (tertiary/aromatic N) is 2. The predicted molar refractivity (Wildman–Crippen MR) is 93.0 cm³/mol. The van der Waals surface area contributed by atoms with E-state index in [0.29, 0.717) is 18.5 Å². The number of sulfone groups is 1. The fourth-order valence-electron chi connectivity index (χ4n) is 3.52. The van der Waals surface area contributed by atoms with E-state index in [1.54, 1.807) is 24.1 Å². The number of carbonyl (C=O) groups excluding carboxylic acids is 2. The Kier molecular flexibility index (Phi) is 4.73. The number of hydrogen-bond donors (Lipinski definition) is 1. The summed E-state index contributed by atoms with van der Waals surface area (Å²) in [5.41, 5.74) is 0.576. The minimum atomic E-state index is -2.98. The van der Waals surface area contributed by atoms with Crippen molar-refractivity contribution in [3.05, 3.63) is 24.3 Å². The maximum absolute atomic E-state index is 12.7. The summed E-state index contributed by atoms with van der Waals surface area (Å²) in [6.45, 7) is 0.274. The van der Waals surface area contributed by atoms with Crippen LogP contribution >= 0.6 is 0 Å². The third kappa shape index (κ3) is 3.78. The van der Waals surface area contributed by atoms with Crippen LogP contribution in [0.2, 0.25) is 0 Å². The number of rotatable bonds is 3. The third-order valence-corrected chi connectivity index (χ3v) is 6.75. The van der Waals surface area contributed by atoms with Crippen LogP contribution in [0.25, 0.3) is 0 Å². The first-order chi connectivity index (χ1) is 11.8. The van der Waals surface area contributed by atoms with Gasteiger partial charge in [0.1, 0.15) is 15.6 Å². The molecule has 3 rings (SSSR count). The van der Waals surface area contributed by atoms with Crippen LogP contribution in [0.4, 0.5) is 5.69 Å². The minimum absolute atomic E-state index is 0.0700. The van der Waals surface area contributed by atoms with Crippen molar-refractivity contribution >= 4 is 27.3 Å². The monoisotopic (exact) mass is 366 g/mol. The second-order valence-corrected chi connectivity index (χ2v) is 9.06. The molecule has 1 aromatic rings. The van der Waals surface area contributed by atoms with Crippen molar-refractivity contribution in [2.45, 2.75) is 25.3 Å². The Bertz CT molecular complexity index is 778. The minimum Gasteiger partial charge on any atom is -0.508 e. The summed E-state index contributed by atoms with van der Waals surface area (Å²) in [5, 5.41) is 9.57. The van der Waals surface area contributed by atoms with Crippen molar-refractivity contribution in [3.8, 4) is 5.75 Å². The Morgan fingerprint density at radius 1 is 1.28 bits per heavy atom. The van der Waals surface area contributed by atoms with Gasteiger partial charge in [-0.15, -0.1) is 0 Å². The van der Waals surface area contributed by atoms with E-state index in [1.807, 2.05) is 0 Å². The number of anilines is 1. The molecule has 0 radical (unpaired) electrons. The zero-order valence-electron chi connectivity index (χ0n) is 14.1. The smallest absolute Gasteiger partial charge is 0.228 e. The Morgan fingerprint density at radius 3 is 2.60 bits per heavy atom. The van der Waals surface area contributed by atoms with Gasteiger partial charge in [-0.2, -0.15) is 0 Å². The van der Waals surface area contributed by atoms with E-state index in [9.17, 15) is 23.1 Å². The van der Waals surface area contributed by atoms with Crippen molar-refractivity contribution in [3.63, 3.8) is 0 Å². The van der Waals surface area contributed by atoms with Gasteiger partial charge in [0, 0.05) is 37.8 Å². The second-order valence-electron chi connectivity index (χ2n) is 6.76. The number of hydrogen-bond acceptors (Lipinski definition) is 5. The molecule has 1 aromatic carbocycles. The standard InChI is InChI=1S/C17H22N2O5S/c1-18(13-5-7-25(23,24)8-6-13)17(22)12-9-16(21)19(11-12)14-3-2-4-15(20)10-14/h2-4,10,12-13,20H,5-9,11H2,1H3/t12-/m0/s1. The fraction of sp³-hybridized carbons (Fsp3) is 0.529. The first-order valence-electron chi connectivity index (χ1n) is 8.33. The highest BCUT2D eigenvalue weighted by molar-refractivity contribution is 7.91. The molecule has 0 aromatic heterocycles. The number of carbonyl (C=O) groups is 2. The van der Waals surface area contributed by atoms with Crippen LogP contribution in [0, 0.1) is 5.92 Å². The maximum Gasteiger partial charge on any atom is 0.228 e. The summed E-state index contributed by atoms with van der Waals surface area (Å²) in [7, 11) is -1.29. The Morgan fingerprint density at radius 2 is 1.96 bits per heavy atom. The van der Waals surface area contributed by atoms with Gasteiger partial charge < -0.3 is 14.9 Å². The van der Waals surface area contributed by atoms with Crippen molar-refractivity contribution in [1.29, 1.82) is 0 Å². The lowest BCUT2D eigenvalue weighted by atomic mass is 10.0. The van der Waals surface area contributed by atoms with E-state index < -0.39 is 15.8 Å². The number of aromatic hydroxyl groups is 1. The Hall–Kier alpha value is -2.09. The number of phenols is 1. The zero-order valence-corrected chi connectivity index (χ0v) is 14.9. The van der Waals surface area contributed by atoms with Crippen molar-refractivity contribution < 1.29 is 23.1 Å². The van der Waals surface area contributed by atoms with Gasteiger partial charge in [-0.1, -0.05) is 6.07 Å². The van der Waals surface area contributed by atoms with Gasteiger partial charge in [-0.25, -0.2) is 8.42 Å². The van der Waals surface area contributed by atoms with E-state index in [2.05, 4.69) is 0 Å². The topological polar surface area (TPSA) is 95.0 Å². The molecule has 7 nitrogen and oxygen atoms in total. The van der Waals surface area contributed by atoms with Gasteiger partial charge in [-0.05, 0) is 25.0 Å². The first-order valence-corrected chi connectivity index (χ1v) is 10.2. The SMILES string of the molecule is CN(C(=O)[C@H]1CC(=O)N(c2cccc(O)c2)C1)C1CCS(=O)(=O)CC1.